The van der Waals surface area contributed by atoms with Crippen LogP contribution >= 0.6 is 7.82 Å². The van der Waals surface area contributed by atoms with Gasteiger partial charge in [0.25, 0.3) is 0 Å². The molecule has 0 aliphatic rings. The topological polar surface area (TPSA) is 149 Å². The van der Waals surface area contributed by atoms with Crippen molar-refractivity contribution in [1.82, 2.24) is 0 Å². The molecule has 0 fully saturated rings. The van der Waals surface area contributed by atoms with Gasteiger partial charge in [-0.15, -0.1) is 0 Å². The molecule has 0 rings (SSSR count). The highest BCUT2D eigenvalue weighted by molar-refractivity contribution is 7.47. The van der Waals surface area contributed by atoms with E-state index in [2.05, 4.69) is 38.2 Å². The van der Waals surface area contributed by atoms with Gasteiger partial charge in [0.2, 0.25) is 0 Å². The fourth-order valence-electron chi connectivity index (χ4n) is 5.27. The van der Waals surface area contributed by atoms with Crippen LogP contribution in [0.4, 0.5) is 0 Å². The lowest BCUT2D eigenvalue weighted by molar-refractivity contribution is -0.153. The molecule has 0 aliphatic heterocycles. The number of aliphatic hydroxyl groups excluding tert-OH is 2. The van der Waals surface area contributed by atoms with Crippen molar-refractivity contribution < 1.29 is 47.8 Å². The van der Waals surface area contributed by atoms with Crippen molar-refractivity contribution in [3.63, 3.8) is 0 Å². The maximum atomic E-state index is 12.3. The molecule has 0 saturated heterocycles. The first-order valence-electron chi connectivity index (χ1n) is 19.8. The fraction of sp³-hybridized carbons (Fsp3) is 0.846. The highest BCUT2D eigenvalue weighted by Gasteiger charge is 2.27. The Labute approximate surface area is 304 Å². The fourth-order valence-corrected chi connectivity index (χ4v) is 6.05. The van der Waals surface area contributed by atoms with Crippen LogP contribution in [0.2, 0.25) is 0 Å². The smallest absolute Gasteiger partial charge is 0.457 e. The predicted molar refractivity (Wildman–Crippen MR) is 201 cm³/mol. The predicted octanol–water partition coefficient (Wildman–Crippen LogP) is 9.83. The lowest BCUT2D eigenvalue weighted by Crippen LogP contribution is -2.28. The lowest BCUT2D eigenvalue weighted by atomic mass is 10.1. The highest BCUT2D eigenvalue weighted by Crippen LogP contribution is 2.43. The molecule has 3 unspecified atom stereocenters. The average Bonchev–Trinajstić information content (AvgIpc) is 3.10. The molecule has 0 aromatic heterocycles. The van der Waals surface area contributed by atoms with Gasteiger partial charge in [0.05, 0.1) is 26.4 Å². The summed E-state index contributed by atoms with van der Waals surface area (Å²) in [6.45, 7) is 2.13. The zero-order valence-electron chi connectivity index (χ0n) is 31.6. The van der Waals surface area contributed by atoms with Crippen LogP contribution < -0.4 is 0 Å². The summed E-state index contributed by atoms with van der Waals surface area (Å²) in [7, 11) is -4.63. The Morgan fingerprint density at radius 2 is 0.840 bits per heavy atom. The van der Waals surface area contributed by atoms with Crippen molar-refractivity contribution in [2.45, 2.75) is 187 Å². The first-order chi connectivity index (χ1) is 24.3. The molecule has 294 valence electrons. The van der Waals surface area contributed by atoms with Gasteiger partial charge in [-0.2, -0.15) is 0 Å². The molecule has 0 amide bonds. The molecule has 3 N–H and O–H groups in total. The summed E-state index contributed by atoms with van der Waals surface area (Å²) in [6, 6.07) is 0. The molecule has 0 saturated carbocycles. The zero-order valence-corrected chi connectivity index (χ0v) is 32.5. The first kappa shape index (κ1) is 48.5. The Morgan fingerprint density at radius 3 is 1.20 bits per heavy atom. The second-order valence-corrected chi connectivity index (χ2v) is 14.7. The van der Waals surface area contributed by atoms with E-state index in [-0.39, 0.29) is 12.8 Å². The number of unbranched alkanes of at least 4 members (excludes halogenated alkanes) is 19. The van der Waals surface area contributed by atoms with Crippen molar-refractivity contribution >= 4 is 19.8 Å². The Hall–Kier alpha value is -1.55. The van der Waals surface area contributed by atoms with Crippen LogP contribution in [0.3, 0.4) is 0 Å². The standard InChI is InChI=1S/C39H73O10P/c1-3-5-7-9-11-13-15-16-17-18-19-21-23-25-27-29-31-39(43)49-37(33-41)35-47-50(44,45)46-34-36(32-40)48-38(42)30-28-26-24-22-20-14-12-10-8-6-4-2/h10,12,17-18,36-37,40-41H,3-9,11,13-16,19-35H2,1-2H3,(H,44,45)/b12-10-,18-17-. The minimum absolute atomic E-state index is 0.182. The van der Waals surface area contributed by atoms with Crippen LogP contribution in [0.15, 0.2) is 24.3 Å². The van der Waals surface area contributed by atoms with Crippen LogP contribution in [-0.4, -0.2) is 65.7 Å². The third-order valence-corrected chi connectivity index (χ3v) is 9.34. The average molecular weight is 733 g/mol. The van der Waals surface area contributed by atoms with E-state index in [0.29, 0.717) is 12.8 Å². The summed E-state index contributed by atoms with van der Waals surface area (Å²) < 4.78 is 32.4. The molecule has 0 radical (unpaired) electrons. The van der Waals surface area contributed by atoms with Gasteiger partial charge in [0.1, 0.15) is 12.2 Å². The Balaban J connectivity index is 3.97. The number of phosphoric acid groups is 1. The molecular weight excluding hydrogens is 659 g/mol. The van der Waals surface area contributed by atoms with Crippen molar-refractivity contribution in [2.75, 3.05) is 26.4 Å². The Morgan fingerprint density at radius 1 is 0.520 bits per heavy atom. The summed E-state index contributed by atoms with van der Waals surface area (Å²) >= 11 is 0. The van der Waals surface area contributed by atoms with Gasteiger partial charge < -0.3 is 24.6 Å². The van der Waals surface area contributed by atoms with Crippen molar-refractivity contribution in [1.29, 1.82) is 0 Å². The number of aliphatic hydroxyl groups is 2. The second kappa shape index (κ2) is 35.8. The third kappa shape index (κ3) is 33.6. The van der Waals surface area contributed by atoms with Crippen LogP contribution in [-0.2, 0) is 32.7 Å². The second-order valence-electron chi connectivity index (χ2n) is 13.3. The molecule has 0 spiro atoms. The van der Waals surface area contributed by atoms with Crippen molar-refractivity contribution in [3.05, 3.63) is 24.3 Å². The maximum Gasteiger partial charge on any atom is 0.472 e. The zero-order chi connectivity index (χ0) is 37.0. The van der Waals surface area contributed by atoms with Crippen LogP contribution in [0.5, 0.6) is 0 Å². The van der Waals surface area contributed by atoms with Gasteiger partial charge in [-0.05, 0) is 57.8 Å². The van der Waals surface area contributed by atoms with Gasteiger partial charge in [0, 0.05) is 12.8 Å². The molecule has 50 heavy (non-hydrogen) atoms. The normalized spacial score (nSPS) is 14.3. The SMILES string of the molecule is CCCC/C=C\CCCCCCCC(=O)OC(CO)COP(=O)(O)OCC(CO)OC(=O)CCCCCCC/C=C\CCCCCCCCC. The Kier molecular flexibility index (Phi) is 34.7. The van der Waals surface area contributed by atoms with Crippen molar-refractivity contribution in [3.8, 4) is 0 Å². The number of hydrogen-bond donors (Lipinski definition) is 3. The molecule has 11 heteroatoms. The molecular formula is C39H73O10P. The van der Waals surface area contributed by atoms with E-state index in [0.717, 1.165) is 70.6 Å². The summed E-state index contributed by atoms with van der Waals surface area (Å²) in [5, 5.41) is 19.1. The van der Waals surface area contributed by atoms with E-state index in [1.165, 1.54) is 64.2 Å². The quantitative estimate of drug-likeness (QED) is 0.0244. The number of allylic oxidation sites excluding steroid dienone is 4. The van der Waals surface area contributed by atoms with E-state index >= 15 is 0 Å². The van der Waals surface area contributed by atoms with Gasteiger partial charge >= 0.3 is 19.8 Å². The summed E-state index contributed by atoms with van der Waals surface area (Å²) in [5.74, 6) is -1.04. The van der Waals surface area contributed by atoms with Gasteiger partial charge in [-0.1, -0.05) is 128 Å². The number of hydrogen-bond acceptors (Lipinski definition) is 9. The summed E-state index contributed by atoms with van der Waals surface area (Å²) in [4.78, 5) is 34.3. The Bertz CT molecular complexity index is 894. The van der Waals surface area contributed by atoms with E-state index in [9.17, 15) is 29.3 Å². The first-order valence-corrected chi connectivity index (χ1v) is 21.3. The molecule has 3 atom stereocenters. The molecule has 0 bridgehead atoms. The van der Waals surface area contributed by atoms with Gasteiger partial charge in [-0.3, -0.25) is 18.6 Å². The van der Waals surface area contributed by atoms with Gasteiger partial charge in [-0.25, -0.2) is 4.57 Å². The minimum Gasteiger partial charge on any atom is -0.457 e. The van der Waals surface area contributed by atoms with E-state index in [1.807, 2.05) is 0 Å². The number of carbonyl (C=O) groups excluding carboxylic acids is 2. The largest absolute Gasteiger partial charge is 0.472 e. The van der Waals surface area contributed by atoms with Crippen LogP contribution in [0, 0.1) is 0 Å². The van der Waals surface area contributed by atoms with Crippen LogP contribution in [0.1, 0.15) is 174 Å². The monoisotopic (exact) mass is 732 g/mol. The molecule has 0 aromatic carbocycles. The molecule has 0 heterocycles. The highest BCUT2D eigenvalue weighted by atomic mass is 31.2. The number of phosphoric ester groups is 1. The molecule has 10 nitrogen and oxygen atoms in total. The van der Waals surface area contributed by atoms with E-state index in [1.54, 1.807) is 0 Å². The third-order valence-electron chi connectivity index (χ3n) is 8.39. The van der Waals surface area contributed by atoms with E-state index in [4.69, 9.17) is 18.5 Å². The lowest BCUT2D eigenvalue weighted by Gasteiger charge is -2.20. The van der Waals surface area contributed by atoms with E-state index < -0.39 is 58.4 Å². The van der Waals surface area contributed by atoms with Crippen molar-refractivity contribution in [2.24, 2.45) is 0 Å². The number of rotatable bonds is 37. The van der Waals surface area contributed by atoms with Crippen LogP contribution in [0.25, 0.3) is 0 Å². The number of ether oxygens (including phenoxy) is 2. The van der Waals surface area contributed by atoms with Gasteiger partial charge in [0.15, 0.2) is 0 Å². The minimum atomic E-state index is -4.63. The molecule has 0 aliphatic carbocycles. The summed E-state index contributed by atoms with van der Waals surface area (Å²) in [6.07, 6.45) is 33.0. The number of esters is 2. The summed E-state index contributed by atoms with van der Waals surface area (Å²) in [5.41, 5.74) is 0. The molecule has 0 aromatic rings. The maximum absolute atomic E-state index is 12.3. The number of carbonyl (C=O) groups is 2.